The summed E-state index contributed by atoms with van der Waals surface area (Å²) in [6.07, 6.45) is 3.64. The third kappa shape index (κ3) is 4.37. The summed E-state index contributed by atoms with van der Waals surface area (Å²) in [4.78, 5) is 6.69. The molecule has 178 valence electrons. The minimum absolute atomic E-state index is 0.0273. The molecule has 0 aliphatic carbocycles. The summed E-state index contributed by atoms with van der Waals surface area (Å²) in [6.45, 7) is 9.15. The predicted molar refractivity (Wildman–Crippen MR) is 131 cm³/mol. The summed E-state index contributed by atoms with van der Waals surface area (Å²) < 4.78 is 10.8. The van der Waals surface area contributed by atoms with Gasteiger partial charge in [-0.2, -0.15) is 0 Å². The first-order valence-corrected chi connectivity index (χ1v) is 11.6. The Morgan fingerprint density at radius 2 is 1.62 bits per heavy atom. The normalized spacial score (nSPS) is 18.6. The van der Waals surface area contributed by atoms with Gasteiger partial charge in [0, 0.05) is 29.7 Å². The van der Waals surface area contributed by atoms with Gasteiger partial charge in [0.25, 0.3) is 0 Å². The number of aromatic hydroxyl groups is 1. The van der Waals surface area contributed by atoms with Gasteiger partial charge in [0.1, 0.15) is 11.4 Å². The molecule has 5 rings (SSSR count). The summed E-state index contributed by atoms with van der Waals surface area (Å²) in [7, 11) is 2.02. The van der Waals surface area contributed by atoms with E-state index in [1.165, 1.54) is 0 Å². The van der Waals surface area contributed by atoms with Gasteiger partial charge in [0.15, 0.2) is 11.5 Å². The summed E-state index contributed by atoms with van der Waals surface area (Å²) in [5, 5.41) is 23.2. The molecule has 2 N–H and O–H groups in total. The van der Waals surface area contributed by atoms with Crippen molar-refractivity contribution in [3.05, 3.63) is 42.6 Å². The van der Waals surface area contributed by atoms with Gasteiger partial charge in [-0.3, -0.25) is 0 Å². The van der Waals surface area contributed by atoms with Gasteiger partial charge in [0.05, 0.1) is 6.20 Å². The predicted octanol–water partition coefficient (Wildman–Crippen LogP) is 4.39. The van der Waals surface area contributed by atoms with Crippen LogP contribution in [0.2, 0.25) is 0 Å². The number of aromatic nitrogens is 3. The molecule has 2 aliphatic rings. The van der Waals surface area contributed by atoms with Gasteiger partial charge >= 0.3 is 0 Å². The molecule has 0 radical (unpaired) electrons. The molecule has 3 aromatic rings. The van der Waals surface area contributed by atoms with Gasteiger partial charge < -0.3 is 24.8 Å². The number of nitrogens with one attached hydrogen (secondary N) is 1. The molecule has 3 heterocycles. The number of anilines is 1. The number of phenolic OH excluding ortho intramolecular Hbond substituents is 1. The highest BCUT2D eigenvalue weighted by Crippen LogP contribution is 2.38. The maximum atomic E-state index is 10.7. The molecule has 0 saturated carbocycles. The molecule has 0 unspecified atom stereocenters. The first-order valence-electron chi connectivity index (χ1n) is 11.6. The summed E-state index contributed by atoms with van der Waals surface area (Å²) in [5.74, 6) is 2.14. The molecular formula is C26H31N5O3. The van der Waals surface area contributed by atoms with Crippen molar-refractivity contribution in [2.75, 3.05) is 18.7 Å². The molecule has 1 saturated heterocycles. The SMILES string of the molecule is CN(c1ncc(-c2ccc(-c3ccc4c(c3)OCO4)cc2O)nn1)C1CC(C)(C)NC(C)(C)C1. The fourth-order valence-corrected chi connectivity index (χ4v) is 5.26. The first-order chi connectivity index (χ1) is 16.1. The Hall–Kier alpha value is -3.39. The maximum Gasteiger partial charge on any atom is 0.245 e. The molecule has 1 fully saturated rings. The third-order valence-corrected chi connectivity index (χ3v) is 6.56. The lowest BCUT2D eigenvalue weighted by Gasteiger charge is -2.48. The Morgan fingerprint density at radius 1 is 0.941 bits per heavy atom. The minimum atomic E-state index is 0.0273. The van der Waals surface area contributed by atoms with Crippen LogP contribution in [0.4, 0.5) is 5.95 Å². The van der Waals surface area contributed by atoms with Crippen molar-refractivity contribution in [1.29, 1.82) is 0 Å². The lowest BCUT2D eigenvalue weighted by atomic mass is 9.79. The number of ether oxygens (including phenoxy) is 2. The van der Waals surface area contributed by atoms with Crippen molar-refractivity contribution in [3.8, 4) is 39.6 Å². The molecule has 8 heteroatoms. The standard InChI is InChI=1S/C26H31N5O3/c1-25(2)12-18(13-26(3,4)30-25)31(5)24-27-14-20(28-29-24)19-8-6-16(10-21(19)32)17-7-9-22-23(11-17)34-15-33-22/h6-11,14,18,30,32H,12-13,15H2,1-5H3. The van der Waals surface area contributed by atoms with Crippen LogP contribution in [0.5, 0.6) is 17.2 Å². The summed E-state index contributed by atoms with van der Waals surface area (Å²) >= 11 is 0. The van der Waals surface area contributed by atoms with Gasteiger partial charge in [0.2, 0.25) is 12.7 Å². The second-order valence-electron chi connectivity index (χ2n) is 10.5. The van der Waals surface area contributed by atoms with Crippen molar-refractivity contribution < 1.29 is 14.6 Å². The van der Waals surface area contributed by atoms with E-state index >= 15 is 0 Å². The zero-order valence-electron chi connectivity index (χ0n) is 20.3. The van der Waals surface area contributed by atoms with Gasteiger partial charge in [-0.05, 0) is 75.9 Å². The quantitative estimate of drug-likeness (QED) is 0.591. The maximum absolute atomic E-state index is 10.7. The van der Waals surface area contributed by atoms with E-state index in [1.807, 2.05) is 37.4 Å². The van der Waals surface area contributed by atoms with Crippen molar-refractivity contribution in [1.82, 2.24) is 20.5 Å². The number of hydrogen-bond acceptors (Lipinski definition) is 8. The summed E-state index contributed by atoms with van der Waals surface area (Å²) in [6, 6.07) is 11.5. The van der Waals surface area contributed by atoms with E-state index in [-0.39, 0.29) is 23.6 Å². The second kappa shape index (κ2) is 8.13. The average molecular weight is 462 g/mol. The Balaban J connectivity index is 1.35. The van der Waals surface area contributed by atoms with Crippen molar-refractivity contribution in [3.63, 3.8) is 0 Å². The lowest BCUT2D eigenvalue weighted by Crippen LogP contribution is -2.62. The Labute approximate surface area is 200 Å². The van der Waals surface area contributed by atoms with Crippen LogP contribution in [0, 0.1) is 0 Å². The smallest absolute Gasteiger partial charge is 0.245 e. The number of hydrogen-bond donors (Lipinski definition) is 2. The summed E-state index contributed by atoms with van der Waals surface area (Å²) in [5.41, 5.74) is 2.97. The van der Waals surface area contributed by atoms with Crippen molar-refractivity contribution >= 4 is 5.95 Å². The highest BCUT2D eigenvalue weighted by atomic mass is 16.7. The minimum Gasteiger partial charge on any atom is -0.507 e. The Bertz CT molecular complexity index is 1190. The number of benzene rings is 2. The Morgan fingerprint density at radius 3 is 2.29 bits per heavy atom. The van der Waals surface area contributed by atoms with Crippen LogP contribution in [0.15, 0.2) is 42.6 Å². The largest absolute Gasteiger partial charge is 0.507 e. The highest BCUT2D eigenvalue weighted by molar-refractivity contribution is 5.75. The monoisotopic (exact) mass is 461 g/mol. The lowest BCUT2D eigenvalue weighted by molar-refractivity contribution is 0.160. The molecule has 0 spiro atoms. The fraction of sp³-hybridized carbons (Fsp3) is 0.423. The zero-order chi connectivity index (χ0) is 24.1. The molecule has 2 aromatic carbocycles. The van der Waals surface area contributed by atoms with E-state index in [0.717, 1.165) is 29.7 Å². The van der Waals surface area contributed by atoms with Crippen LogP contribution in [0.1, 0.15) is 40.5 Å². The van der Waals surface area contributed by atoms with Crippen LogP contribution < -0.4 is 19.7 Å². The molecule has 0 atom stereocenters. The van der Waals surface area contributed by atoms with Crippen LogP contribution in [-0.4, -0.2) is 51.2 Å². The highest BCUT2D eigenvalue weighted by Gasteiger charge is 2.39. The Kier molecular flexibility index (Phi) is 5.36. The van der Waals surface area contributed by atoms with E-state index in [0.29, 0.717) is 29.0 Å². The third-order valence-electron chi connectivity index (χ3n) is 6.56. The first kappa shape index (κ1) is 22.4. The van der Waals surface area contributed by atoms with E-state index in [1.54, 1.807) is 12.3 Å². The molecule has 1 aromatic heterocycles. The van der Waals surface area contributed by atoms with E-state index in [9.17, 15) is 5.11 Å². The second-order valence-corrected chi connectivity index (χ2v) is 10.5. The topological polar surface area (TPSA) is 92.6 Å². The molecule has 8 nitrogen and oxygen atoms in total. The molecule has 2 aliphatic heterocycles. The van der Waals surface area contributed by atoms with Crippen molar-refractivity contribution in [2.24, 2.45) is 0 Å². The molecule has 0 bridgehead atoms. The van der Waals surface area contributed by atoms with E-state index in [4.69, 9.17) is 9.47 Å². The average Bonchev–Trinajstić information content (AvgIpc) is 3.24. The van der Waals surface area contributed by atoms with Crippen LogP contribution in [0.3, 0.4) is 0 Å². The van der Waals surface area contributed by atoms with Crippen LogP contribution in [-0.2, 0) is 0 Å². The molecule has 0 amide bonds. The van der Waals surface area contributed by atoms with E-state index in [2.05, 4.69) is 53.1 Å². The number of phenols is 1. The van der Waals surface area contributed by atoms with Gasteiger partial charge in [-0.1, -0.05) is 12.1 Å². The zero-order valence-corrected chi connectivity index (χ0v) is 20.3. The molecule has 34 heavy (non-hydrogen) atoms. The van der Waals surface area contributed by atoms with Gasteiger partial charge in [-0.25, -0.2) is 4.98 Å². The number of piperidine rings is 1. The van der Waals surface area contributed by atoms with Crippen molar-refractivity contribution in [2.45, 2.75) is 57.7 Å². The fourth-order valence-electron chi connectivity index (χ4n) is 5.26. The number of rotatable bonds is 4. The van der Waals surface area contributed by atoms with Crippen LogP contribution in [0.25, 0.3) is 22.4 Å². The number of nitrogens with zero attached hydrogens (tertiary/aromatic N) is 4. The van der Waals surface area contributed by atoms with E-state index < -0.39 is 0 Å². The number of fused-ring (bicyclic) bond motifs is 1. The van der Waals surface area contributed by atoms with Gasteiger partial charge in [-0.15, -0.1) is 10.2 Å². The molecular weight excluding hydrogens is 430 g/mol. The van der Waals surface area contributed by atoms with Crippen LogP contribution >= 0.6 is 0 Å².